The number of carbonyl (C=O) groups excluding carboxylic acids is 1. The van der Waals surface area contributed by atoms with Crippen LogP contribution in [0.5, 0.6) is 5.75 Å². The number of nitrogens with one attached hydrogen (secondary N) is 2. The third-order valence-electron chi connectivity index (χ3n) is 4.34. The third-order valence-corrected chi connectivity index (χ3v) is 4.34. The van der Waals surface area contributed by atoms with Gasteiger partial charge in [-0.05, 0) is 44.2 Å². The van der Waals surface area contributed by atoms with Crippen molar-refractivity contribution in [3.63, 3.8) is 0 Å². The van der Waals surface area contributed by atoms with Crippen molar-refractivity contribution in [1.82, 2.24) is 5.32 Å². The molecule has 0 radical (unpaired) electrons. The summed E-state index contributed by atoms with van der Waals surface area (Å²) >= 11 is 0. The van der Waals surface area contributed by atoms with Crippen molar-refractivity contribution in [3.05, 3.63) is 47.8 Å². The molecule has 0 unspecified atom stereocenters. The van der Waals surface area contributed by atoms with E-state index in [0.717, 1.165) is 5.69 Å². The Labute approximate surface area is 169 Å². The van der Waals surface area contributed by atoms with Gasteiger partial charge in [0, 0.05) is 37.7 Å². The Morgan fingerprint density at radius 1 is 1.21 bits per heavy atom. The molecular formula is C22H25FN2O4. The summed E-state index contributed by atoms with van der Waals surface area (Å²) in [6.45, 7) is 4.98. The van der Waals surface area contributed by atoms with Crippen LogP contribution in [0.4, 0.5) is 10.1 Å². The molecule has 0 bridgehead atoms. The first kappa shape index (κ1) is 20.7. The van der Waals surface area contributed by atoms with Crippen molar-refractivity contribution in [3.8, 4) is 17.1 Å². The van der Waals surface area contributed by atoms with Gasteiger partial charge in [-0.1, -0.05) is 0 Å². The van der Waals surface area contributed by atoms with Gasteiger partial charge in [0.15, 0.2) is 0 Å². The highest BCUT2D eigenvalue weighted by Crippen LogP contribution is 2.39. The number of rotatable bonds is 8. The average Bonchev–Trinajstić information content (AvgIpc) is 3.06. The maximum Gasteiger partial charge on any atom is 0.255 e. The van der Waals surface area contributed by atoms with Gasteiger partial charge in [0.2, 0.25) is 0 Å². The number of amides is 1. The maximum atomic E-state index is 13.4. The minimum absolute atomic E-state index is 0.0534. The molecule has 0 fully saturated rings. The summed E-state index contributed by atoms with van der Waals surface area (Å²) in [6, 6.07) is 9.45. The van der Waals surface area contributed by atoms with E-state index in [-0.39, 0.29) is 17.8 Å². The summed E-state index contributed by atoms with van der Waals surface area (Å²) in [4.78, 5) is 12.7. The van der Waals surface area contributed by atoms with Crippen LogP contribution in [-0.2, 0) is 4.74 Å². The number of methoxy groups -OCH3 is 1. The van der Waals surface area contributed by atoms with Gasteiger partial charge >= 0.3 is 0 Å². The smallest absolute Gasteiger partial charge is 0.255 e. The minimum Gasteiger partial charge on any atom is -0.489 e. The Balaban J connectivity index is 2.19. The molecule has 1 heterocycles. The molecule has 3 rings (SSSR count). The molecule has 1 aromatic heterocycles. The van der Waals surface area contributed by atoms with E-state index in [1.807, 2.05) is 19.9 Å². The monoisotopic (exact) mass is 400 g/mol. The third kappa shape index (κ3) is 4.51. The highest BCUT2D eigenvalue weighted by Gasteiger charge is 2.23. The normalized spacial score (nSPS) is 11.1. The van der Waals surface area contributed by atoms with Crippen LogP contribution in [0.2, 0.25) is 0 Å². The molecule has 6 nitrogen and oxygen atoms in total. The van der Waals surface area contributed by atoms with E-state index < -0.39 is 0 Å². The molecule has 7 heteroatoms. The molecule has 0 aliphatic carbocycles. The summed E-state index contributed by atoms with van der Waals surface area (Å²) in [5.41, 5.74) is 2.26. The average molecular weight is 400 g/mol. The topological polar surface area (TPSA) is 72.7 Å². The Morgan fingerprint density at radius 3 is 2.55 bits per heavy atom. The number of ether oxygens (including phenoxy) is 2. The van der Waals surface area contributed by atoms with Crippen molar-refractivity contribution >= 4 is 22.6 Å². The molecule has 0 aliphatic rings. The number of carbonyl (C=O) groups is 1. The Kier molecular flexibility index (Phi) is 6.39. The molecule has 29 heavy (non-hydrogen) atoms. The summed E-state index contributed by atoms with van der Waals surface area (Å²) in [5, 5.41) is 6.54. The second-order valence-electron chi connectivity index (χ2n) is 6.82. The Morgan fingerprint density at radius 2 is 1.93 bits per heavy atom. The fraction of sp³-hybridized carbons (Fsp3) is 0.318. The van der Waals surface area contributed by atoms with Crippen molar-refractivity contribution in [1.29, 1.82) is 0 Å². The van der Waals surface area contributed by atoms with Gasteiger partial charge in [0.1, 0.15) is 22.9 Å². The molecule has 154 valence electrons. The van der Waals surface area contributed by atoms with Crippen LogP contribution >= 0.6 is 0 Å². The van der Waals surface area contributed by atoms with Crippen LogP contribution in [0.1, 0.15) is 24.2 Å². The Bertz CT molecular complexity index is 996. The van der Waals surface area contributed by atoms with Crippen LogP contribution in [0.15, 0.2) is 40.8 Å². The number of fused-ring (bicyclic) bond motifs is 1. The molecular weight excluding hydrogens is 375 g/mol. The summed E-state index contributed by atoms with van der Waals surface area (Å²) in [5.74, 6) is 0.339. The zero-order valence-corrected chi connectivity index (χ0v) is 17.0. The molecule has 0 saturated carbocycles. The van der Waals surface area contributed by atoms with Crippen LogP contribution in [-0.4, -0.2) is 39.3 Å². The number of hydrogen-bond acceptors (Lipinski definition) is 5. The molecule has 0 spiro atoms. The predicted molar refractivity (Wildman–Crippen MR) is 111 cm³/mol. The van der Waals surface area contributed by atoms with Gasteiger partial charge in [0.05, 0.1) is 24.0 Å². The minimum atomic E-state index is -0.358. The lowest BCUT2D eigenvalue weighted by Gasteiger charge is -2.15. The van der Waals surface area contributed by atoms with Crippen LogP contribution in [0, 0.1) is 5.82 Å². The fourth-order valence-electron chi connectivity index (χ4n) is 3.06. The van der Waals surface area contributed by atoms with Crippen molar-refractivity contribution in [2.45, 2.75) is 20.0 Å². The number of anilines is 1. The van der Waals surface area contributed by atoms with Gasteiger partial charge in [0.25, 0.3) is 5.91 Å². The molecule has 0 aliphatic heterocycles. The second kappa shape index (κ2) is 8.96. The zero-order valence-electron chi connectivity index (χ0n) is 17.0. The lowest BCUT2D eigenvalue weighted by molar-refractivity contribution is 0.0964. The summed E-state index contributed by atoms with van der Waals surface area (Å²) in [7, 11) is 3.19. The van der Waals surface area contributed by atoms with E-state index in [1.54, 1.807) is 32.4 Å². The predicted octanol–water partition coefficient (Wildman–Crippen LogP) is 4.44. The standard InChI is InChI=1S/C22H25FN2O4/c1-13(2)28-19-11-16-18(12-17(19)25-9-10-27-4)29-21(20(16)22(26)24-3)14-5-7-15(23)8-6-14/h5-8,11-13,25H,9-10H2,1-4H3,(H,24,26). The SMILES string of the molecule is CNC(=O)c1c(-c2ccc(F)cc2)oc2cc(NCCOC)c(OC(C)C)cc12. The first-order chi connectivity index (χ1) is 13.9. The van der Waals surface area contributed by atoms with Crippen LogP contribution < -0.4 is 15.4 Å². The quantitative estimate of drug-likeness (QED) is 0.547. The summed E-state index contributed by atoms with van der Waals surface area (Å²) < 4.78 is 30.5. The lowest BCUT2D eigenvalue weighted by atomic mass is 10.0. The lowest BCUT2D eigenvalue weighted by Crippen LogP contribution is -2.18. The van der Waals surface area contributed by atoms with Gasteiger partial charge < -0.3 is 24.5 Å². The van der Waals surface area contributed by atoms with Crippen LogP contribution in [0.25, 0.3) is 22.3 Å². The first-order valence-electron chi connectivity index (χ1n) is 9.42. The molecule has 2 N–H and O–H groups in total. The highest BCUT2D eigenvalue weighted by atomic mass is 19.1. The van der Waals surface area contributed by atoms with Crippen LogP contribution in [0.3, 0.4) is 0 Å². The number of halogens is 1. The fourth-order valence-corrected chi connectivity index (χ4v) is 3.06. The van der Waals surface area contributed by atoms with Crippen molar-refractivity contribution < 1.29 is 23.1 Å². The molecule has 3 aromatic rings. The van der Waals surface area contributed by atoms with E-state index in [4.69, 9.17) is 13.9 Å². The molecule has 1 amide bonds. The number of furan rings is 1. The van der Waals surface area contributed by atoms with E-state index in [0.29, 0.717) is 46.8 Å². The van der Waals surface area contributed by atoms with Gasteiger partial charge in [-0.15, -0.1) is 0 Å². The number of hydrogen-bond donors (Lipinski definition) is 2. The number of benzene rings is 2. The van der Waals surface area contributed by atoms with Gasteiger partial charge in [-0.2, -0.15) is 0 Å². The van der Waals surface area contributed by atoms with Crippen molar-refractivity contribution in [2.24, 2.45) is 0 Å². The van der Waals surface area contributed by atoms with Gasteiger partial charge in [-0.3, -0.25) is 4.79 Å². The first-order valence-corrected chi connectivity index (χ1v) is 9.42. The highest BCUT2D eigenvalue weighted by molar-refractivity contribution is 6.12. The second-order valence-corrected chi connectivity index (χ2v) is 6.82. The zero-order chi connectivity index (χ0) is 21.0. The maximum absolute atomic E-state index is 13.4. The van der Waals surface area contributed by atoms with E-state index in [2.05, 4.69) is 10.6 Å². The largest absolute Gasteiger partial charge is 0.489 e. The van der Waals surface area contributed by atoms with Gasteiger partial charge in [-0.25, -0.2) is 4.39 Å². The summed E-state index contributed by atoms with van der Waals surface area (Å²) in [6.07, 6.45) is -0.0534. The molecule has 0 atom stereocenters. The van der Waals surface area contributed by atoms with Crippen molar-refractivity contribution in [2.75, 3.05) is 32.6 Å². The molecule has 0 saturated heterocycles. The Hall–Kier alpha value is -3.06. The molecule has 2 aromatic carbocycles. The van der Waals surface area contributed by atoms with E-state index in [1.165, 1.54) is 12.1 Å². The van der Waals surface area contributed by atoms with E-state index in [9.17, 15) is 9.18 Å². The van der Waals surface area contributed by atoms with E-state index >= 15 is 0 Å².